The van der Waals surface area contributed by atoms with Crippen LogP contribution in [0.1, 0.15) is 22.9 Å². The molecule has 1 saturated heterocycles. The molecule has 0 spiro atoms. The molecule has 0 radical (unpaired) electrons. The normalized spacial score (nSPS) is 15.8. The van der Waals surface area contributed by atoms with Gasteiger partial charge in [-0.05, 0) is 37.1 Å². The van der Waals surface area contributed by atoms with Gasteiger partial charge in [-0.3, -0.25) is 14.5 Å². The molecule has 1 aromatic heterocycles. The largest absolute Gasteiger partial charge is 0.379 e. The molecule has 2 aromatic rings. The fourth-order valence-electron chi connectivity index (χ4n) is 3.58. The third-order valence-corrected chi connectivity index (χ3v) is 5.19. The van der Waals surface area contributed by atoms with Crippen molar-refractivity contribution in [2.45, 2.75) is 19.9 Å². The summed E-state index contributed by atoms with van der Waals surface area (Å²) in [5, 5.41) is 5.55. The Balaban J connectivity index is 1.66. The van der Waals surface area contributed by atoms with Gasteiger partial charge in [-0.25, -0.2) is 0 Å². The Morgan fingerprint density at radius 2 is 1.75 bits per heavy atom. The number of hydrogen-bond donors (Lipinski definition) is 2. The lowest BCUT2D eigenvalue weighted by molar-refractivity contribution is -0.136. The number of amides is 2. The number of nitrogens with one attached hydrogen (secondary N) is 2. The second-order valence-corrected chi connectivity index (χ2v) is 7.14. The van der Waals surface area contributed by atoms with Gasteiger partial charge >= 0.3 is 11.8 Å². The summed E-state index contributed by atoms with van der Waals surface area (Å²) in [6.07, 6.45) is 1.98. The first-order valence-corrected chi connectivity index (χ1v) is 9.56. The van der Waals surface area contributed by atoms with Crippen LogP contribution in [0, 0.1) is 13.8 Å². The Bertz CT molecular complexity index is 820. The number of carbonyl (C=O) groups is 2. The van der Waals surface area contributed by atoms with Gasteiger partial charge in [-0.2, -0.15) is 0 Å². The summed E-state index contributed by atoms with van der Waals surface area (Å²) < 4.78 is 7.49. The monoisotopic (exact) mass is 384 g/mol. The van der Waals surface area contributed by atoms with Crippen LogP contribution in [0.3, 0.4) is 0 Å². The maximum atomic E-state index is 12.4. The molecule has 2 N–H and O–H groups in total. The van der Waals surface area contributed by atoms with E-state index in [4.69, 9.17) is 4.74 Å². The first-order valence-electron chi connectivity index (χ1n) is 9.56. The van der Waals surface area contributed by atoms with Crippen LogP contribution in [0.15, 0.2) is 36.5 Å². The molecule has 2 amide bonds. The van der Waals surface area contributed by atoms with Crippen LogP contribution in [-0.4, -0.2) is 54.1 Å². The van der Waals surface area contributed by atoms with Crippen molar-refractivity contribution in [3.8, 4) is 0 Å². The van der Waals surface area contributed by atoms with E-state index in [-0.39, 0.29) is 6.04 Å². The molecular weight excluding hydrogens is 356 g/mol. The van der Waals surface area contributed by atoms with E-state index < -0.39 is 11.8 Å². The Hall–Kier alpha value is -2.64. The Kier molecular flexibility index (Phi) is 6.49. The predicted octanol–water partition coefficient (Wildman–Crippen LogP) is 1.77. The fourth-order valence-corrected chi connectivity index (χ4v) is 3.58. The number of anilines is 1. The van der Waals surface area contributed by atoms with Crippen molar-refractivity contribution in [1.29, 1.82) is 0 Å². The van der Waals surface area contributed by atoms with Crippen molar-refractivity contribution < 1.29 is 14.3 Å². The average molecular weight is 384 g/mol. The third-order valence-electron chi connectivity index (χ3n) is 5.19. The van der Waals surface area contributed by atoms with Crippen molar-refractivity contribution in [3.63, 3.8) is 0 Å². The number of carbonyl (C=O) groups excluding carboxylic acids is 2. The molecule has 0 saturated carbocycles. The second kappa shape index (κ2) is 9.03. The van der Waals surface area contributed by atoms with E-state index in [0.717, 1.165) is 29.9 Å². The van der Waals surface area contributed by atoms with Gasteiger partial charge in [-0.15, -0.1) is 0 Å². The highest BCUT2D eigenvalue weighted by Gasteiger charge is 2.26. The molecule has 28 heavy (non-hydrogen) atoms. The number of aryl methyl sites for hydroxylation is 3. The standard InChI is InChI=1S/C21H28N4O3/c1-15-6-4-7-16(2)19(15)23-21(27)20(26)22-14-18(17-8-5-9-24(17)3)25-10-12-28-13-11-25/h4-9,18H,10-14H2,1-3H3,(H,22,26)(H,23,27)/t18-/m0/s1. The van der Waals surface area contributed by atoms with Crippen LogP contribution in [-0.2, 0) is 21.4 Å². The summed E-state index contributed by atoms with van der Waals surface area (Å²) in [5.74, 6) is -1.28. The van der Waals surface area contributed by atoms with Crippen LogP contribution in [0.4, 0.5) is 5.69 Å². The van der Waals surface area contributed by atoms with Gasteiger partial charge in [0.25, 0.3) is 0 Å². The van der Waals surface area contributed by atoms with Crippen LogP contribution < -0.4 is 10.6 Å². The van der Waals surface area contributed by atoms with Gasteiger partial charge in [0.2, 0.25) is 0 Å². The zero-order valence-electron chi connectivity index (χ0n) is 16.7. The van der Waals surface area contributed by atoms with Crippen LogP contribution in [0.2, 0.25) is 0 Å². The highest BCUT2D eigenvalue weighted by molar-refractivity contribution is 6.39. The van der Waals surface area contributed by atoms with E-state index in [0.29, 0.717) is 25.4 Å². The van der Waals surface area contributed by atoms with E-state index in [9.17, 15) is 9.59 Å². The molecule has 0 bridgehead atoms. The number of aromatic nitrogens is 1. The lowest BCUT2D eigenvalue weighted by Gasteiger charge is -2.34. The minimum absolute atomic E-state index is 0.0131. The average Bonchev–Trinajstić information content (AvgIpc) is 3.11. The lowest BCUT2D eigenvalue weighted by Crippen LogP contribution is -2.46. The van der Waals surface area contributed by atoms with Gasteiger partial charge in [0.1, 0.15) is 0 Å². The molecule has 1 aliphatic heterocycles. The quantitative estimate of drug-likeness (QED) is 0.771. The highest BCUT2D eigenvalue weighted by atomic mass is 16.5. The van der Waals surface area contributed by atoms with E-state index >= 15 is 0 Å². The summed E-state index contributed by atoms with van der Waals surface area (Å²) >= 11 is 0. The summed E-state index contributed by atoms with van der Waals surface area (Å²) in [4.78, 5) is 27.1. The predicted molar refractivity (Wildman–Crippen MR) is 108 cm³/mol. The van der Waals surface area contributed by atoms with Gasteiger partial charge in [0.15, 0.2) is 0 Å². The number of benzene rings is 1. The van der Waals surface area contributed by atoms with E-state index in [2.05, 4.69) is 15.5 Å². The molecule has 1 aliphatic rings. The number of ether oxygens (including phenoxy) is 1. The van der Waals surface area contributed by atoms with E-state index in [1.54, 1.807) is 0 Å². The number of hydrogen-bond acceptors (Lipinski definition) is 4. The number of rotatable bonds is 5. The number of morpholine rings is 1. The van der Waals surface area contributed by atoms with Crippen molar-refractivity contribution >= 4 is 17.5 Å². The Morgan fingerprint density at radius 3 is 2.36 bits per heavy atom. The Labute approximate surface area is 165 Å². The highest BCUT2D eigenvalue weighted by Crippen LogP contribution is 2.22. The fraction of sp³-hybridized carbons (Fsp3) is 0.429. The van der Waals surface area contributed by atoms with Gasteiger partial charge in [0, 0.05) is 44.3 Å². The first kappa shape index (κ1) is 20.1. The zero-order valence-corrected chi connectivity index (χ0v) is 16.7. The van der Waals surface area contributed by atoms with E-state index in [1.165, 1.54) is 0 Å². The zero-order chi connectivity index (χ0) is 20.1. The van der Waals surface area contributed by atoms with Crippen molar-refractivity contribution in [2.24, 2.45) is 7.05 Å². The molecular formula is C21H28N4O3. The molecule has 0 aliphatic carbocycles. The molecule has 2 heterocycles. The van der Waals surface area contributed by atoms with Gasteiger partial charge in [0.05, 0.1) is 19.3 Å². The van der Waals surface area contributed by atoms with E-state index in [1.807, 2.05) is 62.0 Å². The lowest BCUT2D eigenvalue weighted by atomic mass is 10.1. The molecule has 7 heteroatoms. The molecule has 0 unspecified atom stereocenters. The maximum Gasteiger partial charge on any atom is 0.313 e. The van der Waals surface area contributed by atoms with Gasteiger partial charge < -0.3 is 19.9 Å². The third kappa shape index (κ3) is 4.61. The minimum atomic E-state index is -0.648. The topological polar surface area (TPSA) is 75.6 Å². The van der Waals surface area contributed by atoms with Crippen LogP contribution in [0.25, 0.3) is 0 Å². The molecule has 7 nitrogen and oxygen atoms in total. The van der Waals surface area contributed by atoms with Crippen molar-refractivity contribution in [3.05, 3.63) is 53.3 Å². The number of para-hydroxylation sites is 1. The van der Waals surface area contributed by atoms with Crippen molar-refractivity contribution in [1.82, 2.24) is 14.8 Å². The summed E-state index contributed by atoms with van der Waals surface area (Å²) in [6.45, 7) is 7.09. The molecule has 1 atom stereocenters. The minimum Gasteiger partial charge on any atom is -0.379 e. The number of nitrogens with zero attached hydrogens (tertiary/aromatic N) is 2. The van der Waals surface area contributed by atoms with Crippen LogP contribution >= 0.6 is 0 Å². The Morgan fingerprint density at radius 1 is 1.07 bits per heavy atom. The first-order chi connectivity index (χ1) is 13.5. The molecule has 3 rings (SSSR count). The molecule has 150 valence electrons. The molecule has 1 aromatic carbocycles. The van der Waals surface area contributed by atoms with Crippen molar-refractivity contribution in [2.75, 3.05) is 38.2 Å². The van der Waals surface area contributed by atoms with Gasteiger partial charge in [-0.1, -0.05) is 18.2 Å². The SMILES string of the molecule is Cc1cccc(C)c1NC(=O)C(=O)NC[C@@H](c1cccn1C)N1CCOCC1. The molecule has 1 fully saturated rings. The summed E-state index contributed by atoms with van der Waals surface area (Å²) in [7, 11) is 1.98. The summed E-state index contributed by atoms with van der Waals surface area (Å²) in [5.41, 5.74) is 3.64. The second-order valence-electron chi connectivity index (χ2n) is 7.14. The van der Waals surface area contributed by atoms with Crippen LogP contribution in [0.5, 0.6) is 0 Å². The smallest absolute Gasteiger partial charge is 0.313 e. The summed E-state index contributed by atoms with van der Waals surface area (Å²) in [6, 6.07) is 9.75. The maximum absolute atomic E-state index is 12.4.